The normalized spacial score (nSPS) is 17.4. The van der Waals surface area contributed by atoms with E-state index in [2.05, 4.69) is 20.8 Å². The van der Waals surface area contributed by atoms with Crippen LogP contribution in [0.4, 0.5) is 10.5 Å². The number of carbonyl (C=O) groups excluding carboxylic acids is 2. The molecule has 0 spiro atoms. The standard InChI is InChI=1S/C22H28N6O5S/c29-19(30)14-28-21(24-25-26-28)34-18-10-12-27(13-11-18)22(32)33-17-8-6-16(7-9-17)23-20(31)15-4-2-1-3-5-15/h6-9,15,18H,1-5,10-14H2,(H,23,31)(H,29,30). The second kappa shape index (κ2) is 11.3. The highest BCUT2D eigenvalue weighted by molar-refractivity contribution is 7.99. The average Bonchev–Trinajstić information content (AvgIpc) is 3.27. The SMILES string of the molecule is O=C(O)Cn1nnnc1SC1CCN(C(=O)Oc2ccc(NC(=O)C3CCCCC3)cc2)CC1. The molecule has 1 aliphatic heterocycles. The molecule has 1 aliphatic carbocycles. The molecule has 0 bridgehead atoms. The molecular weight excluding hydrogens is 460 g/mol. The maximum absolute atomic E-state index is 12.6. The number of hydrogen-bond donors (Lipinski definition) is 2. The van der Waals surface area contributed by atoms with Crippen molar-refractivity contribution in [1.82, 2.24) is 25.1 Å². The van der Waals surface area contributed by atoms with Gasteiger partial charge in [0.2, 0.25) is 11.1 Å². The van der Waals surface area contributed by atoms with Crippen LogP contribution in [0, 0.1) is 5.92 Å². The number of tetrazole rings is 1. The number of ether oxygens (including phenoxy) is 1. The fourth-order valence-corrected chi connectivity index (χ4v) is 5.25. The van der Waals surface area contributed by atoms with Crippen molar-refractivity contribution >= 4 is 35.4 Å². The smallest absolute Gasteiger partial charge is 0.415 e. The Morgan fingerprint density at radius 3 is 2.44 bits per heavy atom. The molecule has 34 heavy (non-hydrogen) atoms. The first-order valence-corrected chi connectivity index (χ1v) is 12.4. The zero-order valence-electron chi connectivity index (χ0n) is 18.8. The lowest BCUT2D eigenvalue weighted by Crippen LogP contribution is -2.41. The summed E-state index contributed by atoms with van der Waals surface area (Å²) in [5.41, 5.74) is 0.693. The number of thioether (sulfide) groups is 1. The molecule has 0 atom stereocenters. The van der Waals surface area contributed by atoms with Gasteiger partial charge in [0.05, 0.1) is 0 Å². The van der Waals surface area contributed by atoms with Gasteiger partial charge >= 0.3 is 12.1 Å². The van der Waals surface area contributed by atoms with Crippen LogP contribution >= 0.6 is 11.8 Å². The Bertz CT molecular complexity index is 999. The Labute approximate surface area is 201 Å². The number of nitrogens with zero attached hydrogens (tertiary/aromatic N) is 5. The largest absolute Gasteiger partial charge is 0.480 e. The third-order valence-corrected chi connectivity index (χ3v) is 7.37. The Hall–Kier alpha value is -3.15. The van der Waals surface area contributed by atoms with E-state index in [1.807, 2.05) is 0 Å². The maximum atomic E-state index is 12.6. The van der Waals surface area contributed by atoms with Gasteiger partial charge in [-0.25, -0.2) is 9.48 Å². The van der Waals surface area contributed by atoms with Crippen LogP contribution < -0.4 is 10.1 Å². The van der Waals surface area contributed by atoms with E-state index < -0.39 is 12.1 Å². The van der Waals surface area contributed by atoms with Crippen molar-refractivity contribution in [3.05, 3.63) is 24.3 Å². The number of aliphatic carboxylic acids is 1. The minimum atomic E-state index is -1.01. The van der Waals surface area contributed by atoms with E-state index in [1.54, 1.807) is 29.2 Å². The molecule has 0 radical (unpaired) electrons. The van der Waals surface area contributed by atoms with Gasteiger partial charge in [-0.3, -0.25) is 9.59 Å². The Morgan fingerprint density at radius 1 is 1.06 bits per heavy atom. The molecule has 2 aromatic rings. The topological polar surface area (TPSA) is 140 Å². The molecule has 11 nitrogen and oxygen atoms in total. The second-order valence-corrected chi connectivity index (χ2v) is 9.80. The van der Waals surface area contributed by atoms with Crippen molar-refractivity contribution in [3.63, 3.8) is 0 Å². The molecule has 2 fully saturated rings. The van der Waals surface area contributed by atoms with Crippen LogP contribution in [0.3, 0.4) is 0 Å². The third kappa shape index (κ3) is 6.46. The lowest BCUT2D eigenvalue weighted by atomic mass is 9.88. The number of hydrogen-bond acceptors (Lipinski definition) is 8. The summed E-state index contributed by atoms with van der Waals surface area (Å²) >= 11 is 1.42. The molecule has 182 valence electrons. The molecule has 2 heterocycles. The number of carboxylic acid groups (broad SMARTS) is 1. The van der Waals surface area contributed by atoms with E-state index >= 15 is 0 Å². The van der Waals surface area contributed by atoms with E-state index in [4.69, 9.17) is 9.84 Å². The maximum Gasteiger partial charge on any atom is 0.415 e. The molecule has 1 saturated carbocycles. The predicted molar refractivity (Wildman–Crippen MR) is 124 cm³/mol. The van der Waals surface area contributed by atoms with Crippen LogP contribution in [0.2, 0.25) is 0 Å². The lowest BCUT2D eigenvalue weighted by Gasteiger charge is -2.30. The summed E-state index contributed by atoms with van der Waals surface area (Å²) < 4.78 is 6.76. The quantitative estimate of drug-likeness (QED) is 0.602. The molecule has 4 rings (SSSR count). The van der Waals surface area contributed by atoms with E-state index in [0.717, 1.165) is 25.7 Å². The molecule has 2 N–H and O–H groups in total. The van der Waals surface area contributed by atoms with E-state index in [1.165, 1.54) is 22.9 Å². The van der Waals surface area contributed by atoms with E-state index in [-0.39, 0.29) is 23.6 Å². The number of anilines is 1. The summed E-state index contributed by atoms with van der Waals surface area (Å²) in [7, 11) is 0. The molecule has 12 heteroatoms. The van der Waals surface area contributed by atoms with Gasteiger partial charge in [-0.15, -0.1) is 5.10 Å². The minimum Gasteiger partial charge on any atom is -0.480 e. The number of nitrogens with one attached hydrogen (secondary N) is 1. The summed E-state index contributed by atoms with van der Waals surface area (Å²) in [4.78, 5) is 37.5. The van der Waals surface area contributed by atoms with Crippen LogP contribution in [0.15, 0.2) is 29.4 Å². The van der Waals surface area contributed by atoms with Crippen LogP contribution in [0.25, 0.3) is 0 Å². The zero-order valence-corrected chi connectivity index (χ0v) is 19.6. The van der Waals surface area contributed by atoms with Gasteiger partial charge in [0.15, 0.2) is 0 Å². The number of piperidine rings is 1. The first-order chi connectivity index (χ1) is 16.5. The molecule has 1 saturated heterocycles. The summed E-state index contributed by atoms with van der Waals surface area (Å²) in [5, 5.41) is 23.7. The van der Waals surface area contributed by atoms with Crippen molar-refractivity contribution in [2.24, 2.45) is 5.92 Å². The van der Waals surface area contributed by atoms with Crippen LogP contribution in [0.1, 0.15) is 44.9 Å². The second-order valence-electron chi connectivity index (χ2n) is 8.53. The van der Waals surface area contributed by atoms with Gasteiger partial charge in [0.25, 0.3) is 0 Å². The van der Waals surface area contributed by atoms with Gasteiger partial charge in [-0.05, 0) is 60.4 Å². The lowest BCUT2D eigenvalue weighted by molar-refractivity contribution is -0.138. The third-order valence-electron chi connectivity index (χ3n) is 6.06. The van der Waals surface area contributed by atoms with Crippen molar-refractivity contribution in [1.29, 1.82) is 0 Å². The van der Waals surface area contributed by atoms with Crippen molar-refractivity contribution in [3.8, 4) is 5.75 Å². The summed E-state index contributed by atoms with van der Waals surface area (Å²) in [6, 6.07) is 6.85. The highest BCUT2D eigenvalue weighted by Crippen LogP contribution is 2.29. The summed E-state index contributed by atoms with van der Waals surface area (Å²) in [5.74, 6) is -0.448. The van der Waals surface area contributed by atoms with Gasteiger partial charge in [0.1, 0.15) is 12.3 Å². The van der Waals surface area contributed by atoms with Crippen LogP contribution in [0.5, 0.6) is 5.75 Å². The Balaban J connectivity index is 1.22. The monoisotopic (exact) mass is 488 g/mol. The van der Waals surface area contributed by atoms with Crippen LogP contribution in [-0.4, -0.2) is 66.5 Å². The highest BCUT2D eigenvalue weighted by atomic mass is 32.2. The molecule has 2 amide bonds. The number of amides is 2. The Morgan fingerprint density at radius 2 is 1.76 bits per heavy atom. The first kappa shape index (κ1) is 24.0. The fraction of sp³-hybridized carbons (Fsp3) is 0.545. The fourth-order valence-electron chi connectivity index (χ4n) is 4.19. The van der Waals surface area contributed by atoms with E-state index in [9.17, 15) is 14.4 Å². The van der Waals surface area contributed by atoms with E-state index in [0.29, 0.717) is 42.5 Å². The van der Waals surface area contributed by atoms with Gasteiger partial charge in [0, 0.05) is 29.9 Å². The molecular formula is C22H28N6O5S. The number of benzene rings is 1. The van der Waals surface area contributed by atoms with Crippen molar-refractivity contribution in [2.45, 2.75) is 61.9 Å². The number of aromatic nitrogens is 4. The summed E-state index contributed by atoms with van der Waals surface area (Å²) in [6.07, 6.45) is 6.30. The van der Waals surface area contributed by atoms with Gasteiger partial charge in [-0.1, -0.05) is 31.0 Å². The number of rotatable bonds is 7. The van der Waals surface area contributed by atoms with Crippen molar-refractivity contribution < 1.29 is 24.2 Å². The molecule has 1 aromatic heterocycles. The zero-order chi connectivity index (χ0) is 23.9. The molecule has 0 unspecified atom stereocenters. The predicted octanol–water partition coefficient (Wildman–Crippen LogP) is 3.03. The number of likely N-dealkylation sites (tertiary alicyclic amines) is 1. The van der Waals surface area contributed by atoms with Crippen molar-refractivity contribution in [2.75, 3.05) is 18.4 Å². The Kier molecular flexibility index (Phi) is 7.99. The average molecular weight is 489 g/mol. The van der Waals surface area contributed by atoms with Gasteiger partial charge in [-0.2, -0.15) is 0 Å². The van der Waals surface area contributed by atoms with Crippen LogP contribution in [-0.2, 0) is 16.1 Å². The number of carboxylic acids is 1. The highest BCUT2D eigenvalue weighted by Gasteiger charge is 2.27. The first-order valence-electron chi connectivity index (χ1n) is 11.5. The minimum absolute atomic E-state index is 0.0576. The molecule has 2 aliphatic rings. The summed E-state index contributed by atoms with van der Waals surface area (Å²) in [6.45, 7) is 0.753. The number of carbonyl (C=O) groups is 3. The van der Waals surface area contributed by atoms with Gasteiger partial charge < -0.3 is 20.1 Å². The molecule has 1 aromatic carbocycles.